The van der Waals surface area contributed by atoms with Crippen LogP contribution in [0.1, 0.15) is 111 Å². The lowest BCUT2D eigenvalue weighted by atomic mass is 9.95. The molecule has 150 valence electrons. The van der Waals surface area contributed by atoms with E-state index in [4.69, 9.17) is 0 Å². The van der Waals surface area contributed by atoms with Gasteiger partial charge in [-0.1, -0.05) is 85.5 Å². The molecule has 2 atom stereocenters. The molecule has 1 aliphatic rings. The first kappa shape index (κ1) is 23.0. The van der Waals surface area contributed by atoms with Gasteiger partial charge < -0.3 is 5.32 Å². The van der Waals surface area contributed by atoms with Gasteiger partial charge in [-0.25, -0.2) is 0 Å². The summed E-state index contributed by atoms with van der Waals surface area (Å²) >= 11 is 0. The molecule has 0 radical (unpaired) electrons. The maximum atomic E-state index is 3.92. The van der Waals surface area contributed by atoms with E-state index in [1.165, 1.54) is 96.6 Å². The molecule has 0 amide bonds. The van der Waals surface area contributed by atoms with E-state index in [-0.39, 0.29) is 0 Å². The van der Waals surface area contributed by atoms with Crippen molar-refractivity contribution in [3.63, 3.8) is 0 Å². The van der Waals surface area contributed by atoms with Crippen molar-refractivity contribution in [2.45, 2.75) is 117 Å². The van der Waals surface area contributed by atoms with E-state index in [2.05, 4.69) is 37.9 Å². The number of unbranched alkanes of at least 4 members (excludes halogenated alkanes) is 2. The number of nitrogens with zero attached hydrogens (tertiary/aromatic N) is 1. The summed E-state index contributed by atoms with van der Waals surface area (Å²) in [5.41, 5.74) is 0. The molecular formula is C23H48N2. The molecular weight excluding hydrogens is 304 g/mol. The molecule has 1 saturated carbocycles. The van der Waals surface area contributed by atoms with Gasteiger partial charge in [-0.2, -0.15) is 0 Å². The van der Waals surface area contributed by atoms with E-state index in [0.29, 0.717) is 0 Å². The third kappa shape index (κ3) is 10.6. The molecule has 1 aliphatic carbocycles. The average Bonchev–Trinajstić information content (AvgIpc) is 2.66. The predicted molar refractivity (Wildman–Crippen MR) is 113 cm³/mol. The van der Waals surface area contributed by atoms with E-state index in [1.807, 2.05) is 0 Å². The van der Waals surface area contributed by atoms with E-state index in [1.54, 1.807) is 0 Å². The standard InChI is InChI=1S/C23H48N2/c1-5-9-14-21(7-3)18-25(19-22(8-4)15-10-6-2)20-24-23-16-12-11-13-17-23/h21-24H,5-20H2,1-4H3. The summed E-state index contributed by atoms with van der Waals surface area (Å²) in [5, 5.41) is 3.92. The third-order valence-corrected chi connectivity index (χ3v) is 6.33. The number of hydrogen-bond donors (Lipinski definition) is 1. The lowest BCUT2D eigenvalue weighted by molar-refractivity contribution is 0.158. The SMILES string of the molecule is CCCCC(CC)CN(CNC1CCCCC1)CC(CC)CCCC. The largest absolute Gasteiger partial charge is 0.302 e. The summed E-state index contributed by atoms with van der Waals surface area (Å²) in [6.45, 7) is 13.2. The van der Waals surface area contributed by atoms with Crippen LogP contribution in [0, 0.1) is 11.8 Å². The predicted octanol–water partition coefficient (Wildman–Crippen LogP) is 6.60. The van der Waals surface area contributed by atoms with E-state index < -0.39 is 0 Å². The highest BCUT2D eigenvalue weighted by molar-refractivity contribution is 4.74. The highest BCUT2D eigenvalue weighted by atomic mass is 15.2. The Labute approximate surface area is 159 Å². The summed E-state index contributed by atoms with van der Waals surface area (Å²) in [4.78, 5) is 2.78. The van der Waals surface area contributed by atoms with Gasteiger partial charge in [-0.05, 0) is 37.5 Å². The van der Waals surface area contributed by atoms with Gasteiger partial charge in [-0.3, -0.25) is 4.90 Å². The zero-order chi connectivity index (χ0) is 18.3. The van der Waals surface area contributed by atoms with Gasteiger partial charge in [0.05, 0.1) is 0 Å². The molecule has 2 heteroatoms. The van der Waals surface area contributed by atoms with Crippen LogP contribution in [0.3, 0.4) is 0 Å². The summed E-state index contributed by atoms with van der Waals surface area (Å²) in [5.74, 6) is 1.77. The topological polar surface area (TPSA) is 15.3 Å². The smallest absolute Gasteiger partial charge is 0.0482 e. The maximum absolute atomic E-state index is 3.92. The van der Waals surface area contributed by atoms with Gasteiger partial charge in [0.2, 0.25) is 0 Å². The third-order valence-electron chi connectivity index (χ3n) is 6.33. The molecule has 0 aromatic carbocycles. The lowest BCUT2D eigenvalue weighted by Crippen LogP contribution is -2.44. The first-order valence-corrected chi connectivity index (χ1v) is 11.7. The van der Waals surface area contributed by atoms with Crippen LogP contribution in [0.2, 0.25) is 0 Å². The molecule has 25 heavy (non-hydrogen) atoms. The summed E-state index contributed by atoms with van der Waals surface area (Å²) in [7, 11) is 0. The minimum absolute atomic E-state index is 0.780. The highest BCUT2D eigenvalue weighted by Gasteiger charge is 2.19. The van der Waals surface area contributed by atoms with Crippen LogP contribution in [0.25, 0.3) is 0 Å². The van der Waals surface area contributed by atoms with Crippen molar-refractivity contribution in [2.75, 3.05) is 19.8 Å². The Hall–Kier alpha value is -0.0800. The molecule has 0 aromatic rings. The van der Waals surface area contributed by atoms with Gasteiger partial charge >= 0.3 is 0 Å². The van der Waals surface area contributed by atoms with Crippen molar-refractivity contribution in [1.29, 1.82) is 0 Å². The fraction of sp³-hybridized carbons (Fsp3) is 1.00. The van der Waals surface area contributed by atoms with E-state index in [9.17, 15) is 0 Å². The fourth-order valence-corrected chi connectivity index (χ4v) is 4.33. The normalized spacial score (nSPS) is 18.6. The Kier molecular flexibility index (Phi) is 13.8. The molecule has 0 spiro atoms. The molecule has 1 fully saturated rings. The number of nitrogens with one attached hydrogen (secondary N) is 1. The summed E-state index contributed by atoms with van der Waals surface area (Å²) < 4.78 is 0. The van der Waals surface area contributed by atoms with Crippen molar-refractivity contribution >= 4 is 0 Å². The number of hydrogen-bond acceptors (Lipinski definition) is 2. The quantitative estimate of drug-likeness (QED) is 0.334. The van der Waals surface area contributed by atoms with Crippen molar-refractivity contribution in [1.82, 2.24) is 10.2 Å². The molecule has 0 bridgehead atoms. The van der Waals surface area contributed by atoms with Crippen molar-refractivity contribution in [2.24, 2.45) is 11.8 Å². The second-order valence-corrected chi connectivity index (χ2v) is 8.57. The Morgan fingerprint density at radius 1 is 0.800 bits per heavy atom. The molecule has 1 rings (SSSR count). The molecule has 0 aromatic heterocycles. The zero-order valence-electron chi connectivity index (χ0n) is 18.0. The van der Waals surface area contributed by atoms with Crippen LogP contribution in [0.4, 0.5) is 0 Å². The maximum Gasteiger partial charge on any atom is 0.0482 e. The average molecular weight is 353 g/mol. The minimum Gasteiger partial charge on any atom is -0.302 e. The van der Waals surface area contributed by atoms with Crippen LogP contribution in [0.15, 0.2) is 0 Å². The van der Waals surface area contributed by atoms with Crippen molar-refractivity contribution < 1.29 is 0 Å². The fourth-order valence-electron chi connectivity index (χ4n) is 4.33. The molecule has 2 unspecified atom stereocenters. The second kappa shape index (κ2) is 15.0. The van der Waals surface area contributed by atoms with E-state index in [0.717, 1.165) is 24.5 Å². The van der Waals surface area contributed by atoms with Gasteiger partial charge in [-0.15, -0.1) is 0 Å². The molecule has 0 aliphatic heterocycles. The lowest BCUT2D eigenvalue weighted by Gasteiger charge is -2.33. The Morgan fingerprint density at radius 2 is 1.32 bits per heavy atom. The molecule has 2 nitrogen and oxygen atoms in total. The van der Waals surface area contributed by atoms with E-state index >= 15 is 0 Å². The Balaban J connectivity index is 2.53. The Bertz CT molecular complexity index is 268. The van der Waals surface area contributed by atoms with Crippen LogP contribution in [-0.4, -0.2) is 30.7 Å². The molecule has 1 N–H and O–H groups in total. The minimum atomic E-state index is 0.780. The first-order chi connectivity index (χ1) is 12.2. The van der Waals surface area contributed by atoms with Crippen LogP contribution in [-0.2, 0) is 0 Å². The van der Waals surface area contributed by atoms with Crippen molar-refractivity contribution in [3.05, 3.63) is 0 Å². The van der Waals surface area contributed by atoms with Gasteiger partial charge in [0.1, 0.15) is 0 Å². The second-order valence-electron chi connectivity index (χ2n) is 8.57. The van der Waals surface area contributed by atoms with Crippen LogP contribution < -0.4 is 5.32 Å². The van der Waals surface area contributed by atoms with Crippen LogP contribution in [0.5, 0.6) is 0 Å². The summed E-state index contributed by atoms with van der Waals surface area (Å²) in [6.07, 6.45) is 18.1. The monoisotopic (exact) mass is 352 g/mol. The molecule has 0 saturated heterocycles. The highest BCUT2D eigenvalue weighted by Crippen LogP contribution is 2.20. The molecule has 0 heterocycles. The van der Waals surface area contributed by atoms with Gasteiger partial charge in [0.15, 0.2) is 0 Å². The number of rotatable bonds is 15. The summed E-state index contributed by atoms with van der Waals surface area (Å²) in [6, 6.07) is 0.780. The van der Waals surface area contributed by atoms with Gasteiger partial charge in [0, 0.05) is 25.8 Å². The first-order valence-electron chi connectivity index (χ1n) is 11.7. The van der Waals surface area contributed by atoms with Crippen LogP contribution >= 0.6 is 0 Å². The zero-order valence-corrected chi connectivity index (χ0v) is 18.0. The van der Waals surface area contributed by atoms with Crippen molar-refractivity contribution in [3.8, 4) is 0 Å². The van der Waals surface area contributed by atoms with Gasteiger partial charge in [0.25, 0.3) is 0 Å². The Morgan fingerprint density at radius 3 is 1.76 bits per heavy atom.